The van der Waals surface area contributed by atoms with Crippen LogP contribution in [0, 0.1) is 22.7 Å². The average molecular weight is 467 g/mol. The minimum atomic E-state index is -0.773. The second-order valence-corrected chi connectivity index (χ2v) is 7.68. The zero-order valence-corrected chi connectivity index (χ0v) is 18.2. The Bertz CT molecular complexity index is 1200. The van der Waals surface area contributed by atoms with E-state index in [9.17, 15) is 5.26 Å². The van der Waals surface area contributed by atoms with Gasteiger partial charge < -0.3 is 18.9 Å². The average Bonchev–Trinajstić information content (AvgIpc) is 2.76. The van der Waals surface area contributed by atoms with Crippen LogP contribution in [0.4, 0.5) is 0 Å². The molecule has 1 N–H and O–H groups in total. The van der Waals surface area contributed by atoms with E-state index in [0.717, 1.165) is 27.6 Å². The lowest BCUT2D eigenvalue weighted by Crippen LogP contribution is -2.31. The van der Waals surface area contributed by atoms with Crippen LogP contribution in [0.2, 0.25) is 0 Å². The van der Waals surface area contributed by atoms with Gasteiger partial charge in [-0.3, -0.25) is 5.41 Å². The van der Waals surface area contributed by atoms with Crippen molar-refractivity contribution in [1.29, 1.82) is 10.7 Å². The van der Waals surface area contributed by atoms with Crippen LogP contribution in [-0.2, 0) is 0 Å². The Morgan fingerprint density at radius 1 is 1.00 bits per heavy atom. The maximum atomic E-state index is 9.85. The number of rotatable bonds is 4. The van der Waals surface area contributed by atoms with Crippen LogP contribution in [0.5, 0.6) is 23.0 Å². The fourth-order valence-corrected chi connectivity index (χ4v) is 4.60. The van der Waals surface area contributed by atoms with E-state index in [0.29, 0.717) is 21.7 Å². The third-order valence-corrected chi connectivity index (χ3v) is 5.93. The van der Waals surface area contributed by atoms with Crippen molar-refractivity contribution in [2.75, 3.05) is 21.3 Å². The first-order chi connectivity index (χ1) is 14.5. The molecule has 3 aromatic carbocycles. The van der Waals surface area contributed by atoms with E-state index in [2.05, 4.69) is 22.0 Å². The molecule has 2 unspecified atom stereocenters. The number of nitrogens with one attached hydrogen (secondary N) is 1. The van der Waals surface area contributed by atoms with Gasteiger partial charge in [0.2, 0.25) is 5.90 Å². The Morgan fingerprint density at radius 3 is 2.43 bits per heavy atom. The molecule has 6 nitrogen and oxygen atoms in total. The summed E-state index contributed by atoms with van der Waals surface area (Å²) in [5, 5.41) is 20.0. The number of methoxy groups -OCH3 is 3. The molecule has 0 radical (unpaired) electrons. The molecule has 0 aromatic heterocycles. The van der Waals surface area contributed by atoms with Gasteiger partial charge in [-0.25, -0.2) is 0 Å². The van der Waals surface area contributed by atoms with Crippen molar-refractivity contribution in [2.45, 2.75) is 5.92 Å². The Labute approximate surface area is 182 Å². The van der Waals surface area contributed by atoms with Crippen LogP contribution in [0.1, 0.15) is 17.0 Å². The van der Waals surface area contributed by atoms with Crippen molar-refractivity contribution in [3.05, 3.63) is 58.1 Å². The number of nitriles is 1. The summed E-state index contributed by atoms with van der Waals surface area (Å²) in [6, 6.07) is 15.6. The fraction of sp³-hybridized carbons (Fsp3) is 0.217. The highest BCUT2D eigenvalue weighted by Gasteiger charge is 2.38. The summed E-state index contributed by atoms with van der Waals surface area (Å²) in [6.07, 6.45) is 0. The second kappa shape index (κ2) is 7.88. The molecule has 7 heteroatoms. The lowest BCUT2D eigenvalue weighted by molar-refractivity contribution is 0.352. The SMILES string of the molecule is COc1cc(C2c3ccc4c(OC)cccc4c3OC(=N)C2C#N)cc(Br)c1OC. The summed E-state index contributed by atoms with van der Waals surface area (Å²) < 4.78 is 23.0. The van der Waals surface area contributed by atoms with Crippen molar-refractivity contribution in [3.63, 3.8) is 0 Å². The van der Waals surface area contributed by atoms with Crippen LogP contribution in [-0.4, -0.2) is 27.2 Å². The molecule has 0 saturated carbocycles. The summed E-state index contributed by atoms with van der Waals surface area (Å²) >= 11 is 3.53. The normalized spacial score (nSPS) is 17.6. The van der Waals surface area contributed by atoms with E-state index >= 15 is 0 Å². The van der Waals surface area contributed by atoms with Crippen LogP contribution in [0.25, 0.3) is 10.8 Å². The molecule has 3 aromatic rings. The lowest BCUT2D eigenvalue weighted by Gasteiger charge is -2.31. The van der Waals surface area contributed by atoms with Crippen molar-refractivity contribution in [1.82, 2.24) is 0 Å². The molecular weight excluding hydrogens is 448 g/mol. The Kier molecular flexibility index (Phi) is 5.27. The number of hydrogen-bond acceptors (Lipinski definition) is 6. The first-order valence-electron chi connectivity index (χ1n) is 9.21. The van der Waals surface area contributed by atoms with Gasteiger partial charge in [-0.2, -0.15) is 5.26 Å². The van der Waals surface area contributed by atoms with E-state index in [4.69, 9.17) is 24.4 Å². The quantitative estimate of drug-likeness (QED) is 0.565. The number of fused-ring (bicyclic) bond motifs is 3. The third-order valence-electron chi connectivity index (χ3n) is 5.34. The monoisotopic (exact) mass is 466 g/mol. The standard InChI is InChI=1S/C23H19BrN2O4/c1-27-18-6-4-5-14-13(18)7-8-15-20(16(11-25)23(26)30-21(14)15)12-9-17(24)22(29-3)19(10-12)28-2/h4-10,16,20,26H,1-3H3. The fourth-order valence-electron chi connectivity index (χ4n) is 3.98. The highest BCUT2D eigenvalue weighted by Crippen LogP contribution is 2.49. The Balaban J connectivity index is 1.99. The zero-order chi connectivity index (χ0) is 21.4. The van der Waals surface area contributed by atoms with Crippen LogP contribution >= 0.6 is 15.9 Å². The lowest BCUT2D eigenvalue weighted by atomic mass is 9.78. The molecule has 0 saturated heterocycles. The highest BCUT2D eigenvalue weighted by molar-refractivity contribution is 9.10. The predicted octanol–water partition coefficient (Wildman–Crippen LogP) is 5.27. The Morgan fingerprint density at radius 2 is 1.77 bits per heavy atom. The molecular formula is C23H19BrN2O4. The highest BCUT2D eigenvalue weighted by atomic mass is 79.9. The summed E-state index contributed by atoms with van der Waals surface area (Å²) in [5.74, 6) is 1.14. The van der Waals surface area contributed by atoms with Crippen LogP contribution in [0.3, 0.4) is 0 Å². The molecule has 1 aliphatic rings. The van der Waals surface area contributed by atoms with Crippen LogP contribution in [0.15, 0.2) is 46.9 Å². The minimum Gasteiger partial charge on any atom is -0.496 e. The predicted molar refractivity (Wildman–Crippen MR) is 117 cm³/mol. The molecule has 0 fully saturated rings. The summed E-state index contributed by atoms with van der Waals surface area (Å²) in [5.41, 5.74) is 1.65. The first-order valence-corrected chi connectivity index (χ1v) is 10.00. The summed E-state index contributed by atoms with van der Waals surface area (Å²) in [6.45, 7) is 0. The molecule has 30 heavy (non-hydrogen) atoms. The van der Waals surface area contributed by atoms with Crippen molar-refractivity contribution < 1.29 is 18.9 Å². The second-order valence-electron chi connectivity index (χ2n) is 6.83. The molecule has 1 heterocycles. The smallest absolute Gasteiger partial charge is 0.205 e. The maximum absolute atomic E-state index is 9.85. The van der Waals surface area contributed by atoms with Gasteiger partial charge in [-0.15, -0.1) is 0 Å². The molecule has 0 bridgehead atoms. The van der Waals surface area contributed by atoms with Gasteiger partial charge in [0, 0.05) is 22.3 Å². The molecule has 0 spiro atoms. The van der Waals surface area contributed by atoms with E-state index < -0.39 is 11.8 Å². The van der Waals surface area contributed by atoms with Gasteiger partial charge in [-0.1, -0.05) is 24.3 Å². The van der Waals surface area contributed by atoms with Gasteiger partial charge in [0.05, 0.1) is 31.9 Å². The topological polar surface area (TPSA) is 84.6 Å². The van der Waals surface area contributed by atoms with E-state index in [1.54, 1.807) is 21.3 Å². The first kappa shape index (κ1) is 20.0. The molecule has 0 amide bonds. The largest absolute Gasteiger partial charge is 0.496 e. The third kappa shape index (κ3) is 3.04. The minimum absolute atomic E-state index is 0.0868. The number of ether oxygens (including phenoxy) is 4. The van der Waals surface area contributed by atoms with E-state index in [1.165, 1.54) is 0 Å². The molecule has 2 atom stereocenters. The van der Waals surface area contributed by atoms with Crippen LogP contribution < -0.4 is 18.9 Å². The number of nitrogens with zero attached hydrogens (tertiary/aromatic N) is 1. The summed E-state index contributed by atoms with van der Waals surface area (Å²) in [4.78, 5) is 0. The van der Waals surface area contributed by atoms with Gasteiger partial charge in [-0.05, 0) is 39.7 Å². The maximum Gasteiger partial charge on any atom is 0.205 e. The van der Waals surface area contributed by atoms with Gasteiger partial charge >= 0.3 is 0 Å². The molecule has 1 aliphatic heterocycles. The van der Waals surface area contributed by atoms with Gasteiger partial charge in [0.25, 0.3) is 0 Å². The van der Waals surface area contributed by atoms with E-state index in [-0.39, 0.29) is 5.90 Å². The van der Waals surface area contributed by atoms with Crippen molar-refractivity contribution in [3.8, 4) is 29.1 Å². The zero-order valence-electron chi connectivity index (χ0n) is 16.7. The number of benzene rings is 3. The molecule has 4 rings (SSSR count). The number of halogens is 1. The molecule has 0 aliphatic carbocycles. The van der Waals surface area contributed by atoms with Gasteiger partial charge in [0.15, 0.2) is 11.5 Å². The summed E-state index contributed by atoms with van der Waals surface area (Å²) in [7, 11) is 4.75. The van der Waals surface area contributed by atoms with E-state index in [1.807, 2.05) is 42.5 Å². The molecule has 152 valence electrons. The van der Waals surface area contributed by atoms with Gasteiger partial charge in [0.1, 0.15) is 17.4 Å². The Hall–Kier alpha value is -3.24. The van der Waals surface area contributed by atoms with Crippen molar-refractivity contribution >= 4 is 32.6 Å². The number of hydrogen-bond donors (Lipinski definition) is 1. The van der Waals surface area contributed by atoms with Crippen molar-refractivity contribution in [2.24, 2.45) is 5.92 Å².